The zero-order valence-electron chi connectivity index (χ0n) is 16.0. The molecule has 0 bridgehead atoms. The lowest BCUT2D eigenvalue weighted by molar-refractivity contribution is -0.124. The van der Waals surface area contributed by atoms with Gasteiger partial charge in [-0.2, -0.15) is 0 Å². The Kier molecular flexibility index (Phi) is 5.42. The van der Waals surface area contributed by atoms with Crippen LogP contribution in [0.1, 0.15) is 16.2 Å². The summed E-state index contributed by atoms with van der Waals surface area (Å²) in [6.45, 7) is 0.846. The van der Waals surface area contributed by atoms with Crippen LogP contribution in [0.15, 0.2) is 53.3 Å². The van der Waals surface area contributed by atoms with Gasteiger partial charge in [0.25, 0.3) is 5.91 Å². The Morgan fingerprint density at radius 2 is 1.90 bits per heavy atom. The third-order valence-electron chi connectivity index (χ3n) is 5.10. The van der Waals surface area contributed by atoms with Crippen molar-refractivity contribution in [2.75, 3.05) is 19.6 Å². The zero-order valence-corrected chi connectivity index (χ0v) is 16.0. The van der Waals surface area contributed by atoms with E-state index in [1.54, 1.807) is 18.2 Å². The molecule has 9 heteroatoms. The van der Waals surface area contributed by atoms with E-state index < -0.39 is 17.5 Å². The van der Waals surface area contributed by atoms with E-state index in [0.717, 1.165) is 11.1 Å². The van der Waals surface area contributed by atoms with E-state index >= 15 is 0 Å². The number of halogens is 1. The second kappa shape index (κ2) is 8.32. The van der Waals surface area contributed by atoms with Gasteiger partial charge in [0, 0.05) is 25.2 Å². The van der Waals surface area contributed by atoms with Gasteiger partial charge in [0.1, 0.15) is 5.82 Å². The SMILES string of the molecule is O=C1NCCN(C(=O)c2n[nH]c(=O)[nH]2)C[C@@H]1Cc1ccc(-c2ccccc2F)cc1. The average Bonchev–Trinajstić information content (AvgIpc) is 3.10. The van der Waals surface area contributed by atoms with Crippen LogP contribution in [0.25, 0.3) is 11.1 Å². The van der Waals surface area contributed by atoms with Crippen molar-refractivity contribution in [1.29, 1.82) is 0 Å². The summed E-state index contributed by atoms with van der Waals surface area (Å²) in [7, 11) is 0. The Bertz CT molecular complexity index is 1120. The van der Waals surface area contributed by atoms with E-state index in [4.69, 9.17) is 0 Å². The molecule has 2 amide bonds. The molecule has 1 aromatic heterocycles. The lowest BCUT2D eigenvalue weighted by atomic mass is 9.96. The fourth-order valence-corrected chi connectivity index (χ4v) is 3.56. The molecule has 154 valence electrons. The predicted molar refractivity (Wildman–Crippen MR) is 107 cm³/mol. The minimum absolute atomic E-state index is 0.0812. The van der Waals surface area contributed by atoms with Gasteiger partial charge in [-0.3, -0.25) is 14.6 Å². The summed E-state index contributed by atoms with van der Waals surface area (Å²) in [5.41, 5.74) is 1.61. The quantitative estimate of drug-likeness (QED) is 0.604. The maximum Gasteiger partial charge on any atom is 0.341 e. The van der Waals surface area contributed by atoms with Gasteiger partial charge in [0.2, 0.25) is 11.7 Å². The molecular weight excluding hydrogens is 389 g/mol. The highest BCUT2D eigenvalue weighted by molar-refractivity contribution is 5.91. The van der Waals surface area contributed by atoms with Crippen molar-refractivity contribution >= 4 is 11.8 Å². The number of benzene rings is 2. The van der Waals surface area contributed by atoms with Gasteiger partial charge in [0.05, 0.1) is 5.92 Å². The molecule has 4 rings (SSSR count). The highest BCUT2D eigenvalue weighted by atomic mass is 19.1. The third kappa shape index (κ3) is 4.14. The Labute approximate surface area is 171 Å². The van der Waals surface area contributed by atoms with E-state index in [1.807, 2.05) is 24.3 Å². The van der Waals surface area contributed by atoms with Crippen LogP contribution in [-0.2, 0) is 11.2 Å². The molecule has 2 heterocycles. The van der Waals surface area contributed by atoms with Crippen LogP contribution < -0.4 is 11.0 Å². The lowest BCUT2D eigenvalue weighted by Crippen LogP contribution is -2.38. The molecule has 1 aliphatic heterocycles. The van der Waals surface area contributed by atoms with Gasteiger partial charge in [-0.15, -0.1) is 5.10 Å². The first-order chi connectivity index (χ1) is 14.5. The van der Waals surface area contributed by atoms with Crippen LogP contribution in [0.5, 0.6) is 0 Å². The van der Waals surface area contributed by atoms with Crippen LogP contribution in [0.2, 0.25) is 0 Å². The normalized spacial score (nSPS) is 16.8. The topological polar surface area (TPSA) is 111 Å². The molecule has 0 aliphatic carbocycles. The Morgan fingerprint density at radius 3 is 2.60 bits per heavy atom. The summed E-state index contributed by atoms with van der Waals surface area (Å²) in [6.07, 6.45) is 0.421. The van der Waals surface area contributed by atoms with Gasteiger partial charge in [-0.05, 0) is 23.6 Å². The number of carbonyl (C=O) groups excluding carboxylic acids is 2. The second-order valence-electron chi connectivity index (χ2n) is 7.15. The zero-order chi connectivity index (χ0) is 21.1. The number of aromatic nitrogens is 3. The summed E-state index contributed by atoms with van der Waals surface area (Å²) in [6, 6.07) is 13.9. The molecule has 0 radical (unpaired) electrons. The predicted octanol–water partition coefficient (Wildman–Crippen LogP) is 1.34. The van der Waals surface area contributed by atoms with Gasteiger partial charge >= 0.3 is 5.69 Å². The highest BCUT2D eigenvalue weighted by Crippen LogP contribution is 2.24. The monoisotopic (exact) mass is 409 g/mol. The standard InChI is InChI=1S/C21H20FN5O3/c22-17-4-2-1-3-16(17)14-7-5-13(6-8-14)11-15-12-27(10-9-23-19(15)28)20(29)18-24-21(30)26-25-18/h1-8,15H,9-12H2,(H,23,28)(H2,24,25,26,30)/t15-/m0/s1. The summed E-state index contributed by atoms with van der Waals surface area (Å²) < 4.78 is 14.0. The maximum atomic E-state index is 14.0. The van der Waals surface area contributed by atoms with Crippen LogP contribution in [0, 0.1) is 11.7 Å². The maximum absolute atomic E-state index is 14.0. The minimum atomic E-state index is -0.561. The molecule has 8 nitrogen and oxygen atoms in total. The number of nitrogens with one attached hydrogen (secondary N) is 3. The Morgan fingerprint density at radius 1 is 1.13 bits per heavy atom. The summed E-state index contributed by atoms with van der Waals surface area (Å²) >= 11 is 0. The molecular formula is C21H20FN5O3. The van der Waals surface area contributed by atoms with Crippen molar-refractivity contribution in [3.63, 3.8) is 0 Å². The molecule has 1 aliphatic rings. The summed E-state index contributed by atoms with van der Waals surface area (Å²) in [4.78, 5) is 40.2. The van der Waals surface area contributed by atoms with Crippen LogP contribution in [0.4, 0.5) is 4.39 Å². The van der Waals surface area contributed by atoms with Crippen LogP contribution in [-0.4, -0.2) is 51.5 Å². The molecule has 1 fully saturated rings. The number of hydrogen-bond donors (Lipinski definition) is 3. The first-order valence-corrected chi connectivity index (χ1v) is 9.57. The van der Waals surface area contributed by atoms with Crippen molar-refractivity contribution in [2.24, 2.45) is 5.92 Å². The average molecular weight is 409 g/mol. The number of H-pyrrole nitrogens is 2. The summed E-state index contributed by atoms with van der Waals surface area (Å²) in [5, 5.41) is 8.66. The molecule has 1 atom stereocenters. The van der Waals surface area contributed by atoms with Gasteiger partial charge in [0.15, 0.2) is 0 Å². The van der Waals surface area contributed by atoms with Gasteiger partial charge in [-0.25, -0.2) is 14.3 Å². The molecule has 3 aromatic rings. The van der Waals surface area contributed by atoms with Crippen LogP contribution >= 0.6 is 0 Å². The molecule has 0 saturated carbocycles. The molecule has 0 unspecified atom stereocenters. The number of amides is 2. The van der Waals surface area contributed by atoms with E-state index in [9.17, 15) is 18.8 Å². The molecule has 1 saturated heterocycles. The fraction of sp³-hybridized carbons (Fsp3) is 0.238. The van der Waals surface area contributed by atoms with Crippen molar-refractivity contribution in [3.8, 4) is 11.1 Å². The van der Waals surface area contributed by atoms with Crippen molar-refractivity contribution in [2.45, 2.75) is 6.42 Å². The number of nitrogens with zero attached hydrogens (tertiary/aromatic N) is 2. The Balaban J connectivity index is 1.49. The number of aromatic amines is 2. The van der Waals surface area contributed by atoms with Crippen molar-refractivity contribution < 1.29 is 14.0 Å². The molecule has 0 spiro atoms. The second-order valence-corrected chi connectivity index (χ2v) is 7.15. The van der Waals surface area contributed by atoms with E-state index in [2.05, 4.69) is 20.5 Å². The van der Waals surface area contributed by atoms with E-state index in [-0.39, 0.29) is 24.1 Å². The first kappa shape index (κ1) is 19.6. The van der Waals surface area contributed by atoms with Gasteiger partial charge < -0.3 is 10.2 Å². The lowest BCUT2D eigenvalue weighted by Gasteiger charge is -2.22. The number of rotatable bonds is 4. The number of hydrogen-bond acceptors (Lipinski definition) is 4. The highest BCUT2D eigenvalue weighted by Gasteiger charge is 2.29. The Hall–Kier alpha value is -3.75. The first-order valence-electron chi connectivity index (χ1n) is 9.57. The smallest absolute Gasteiger partial charge is 0.341 e. The third-order valence-corrected chi connectivity index (χ3v) is 5.10. The molecule has 3 N–H and O–H groups in total. The fourth-order valence-electron chi connectivity index (χ4n) is 3.56. The number of carbonyl (C=O) groups is 2. The minimum Gasteiger partial charge on any atom is -0.354 e. The van der Waals surface area contributed by atoms with Crippen molar-refractivity contribution in [3.05, 3.63) is 76.2 Å². The largest absolute Gasteiger partial charge is 0.354 e. The summed E-state index contributed by atoms with van der Waals surface area (Å²) in [5.74, 6) is -1.41. The molecule has 30 heavy (non-hydrogen) atoms. The van der Waals surface area contributed by atoms with E-state index in [0.29, 0.717) is 25.1 Å². The molecule has 2 aromatic carbocycles. The van der Waals surface area contributed by atoms with Crippen LogP contribution in [0.3, 0.4) is 0 Å². The van der Waals surface area contributed by atoms with Gasteiger partial charge in [-0.1, -0.05) is 42.5 Å². The van der Waals surface area contributed by atoms with E-state index in [1.165, 1.54) is 11.0 Å². The van der Waals surface area contributed by atoms with Crippen molar-refractivity contribution in [1.82, 2.24) is 25.4 Å².